The van der Waals surface area contributed by atoms with Gasteiger partial charge in [-0.15, -0.1) is 0 Å². The first-order valence-electron chi connectivity index (χ1n) is 11.6. The molecule has 1 aromatic carbocycles. The number of anilines is 1. The maximum atomic E-state index is 13.5. The number of H-pyrrole nitrogens is 1. The van der Waals surface area contributed by atoms with Crippen LogP contribution in [0, 0.1) is 11.2 Å². The third kappa shape index (κ3) is 4.64. The molecule has 11 heteroatoms. The quantitative estimate of drug-likeness (QED) is 0.598. The molecule has 9 nitrogen and oxygen atoms in total. The van der Waals surface area contributed by atoms with Crippen LogP contribution in [0.1, 0.15) is 60.0 Å². The van der Waals surface area contributed by atoms with Crippen LogP contribution >= 0.6 is 11.6 Å². The zero-order chi connectivity index (χ0) is 25.3. The number of primary amides is 1. The van der Waals surface area contributed by atoms with E-state index in [0.717, 1.165) is 0 Å². The number of hydrogen-bond acceptors (Lipinski definition) is 5. The highest BCUT2D eigenvalue weighted by molar-refractivity contribution is 6.34. The van der Waals surface area contributed by atoms with Gasteiger partial charge in [-0.05, 0) is 57.2 Å². The van der Waals surface area contributed by atoms with E-state index in [0.29, 0.717) is 50.9 Å². The molecule has 1 atom stereocenters. The molecule has 2 aliphatic rings. The van der Waals surface area contributed by atoms with Gasteiger partial charge < -0.3 is 25.3 Å². The Morgan fingerprint density at radius 1 is 1.37 bits per heavy atom. The number of nitrogens with one attached hydrogen (secondary N) is 1. The first-order valence-corrected chi connectivity index (χ1v) is 12.0. The smallest absolute Gasteiger partial charge is 0.273 e. The number of aromatic nitrogens is 2. The summed E-state index contributed by atoms with van der Waals surface area (Å²) in [6.07, 6.45) is 4.35. The number of amides is 3. The second-order valence-electron chi connectivity index (χ2n) is 9.32. The van der Waals surface area contributed by atoms with Crippen molar-refractivity contribution in [2.24, 2.45) is 11.1 Å². The zero-order valence-corrected chi connectivity index (χ0v) is 20.5. The van der Waals surface area contributed by atoms with Gasteiger partial charge in [0.25, 0.3) is 11.8 Å². The van der Waals surface area contributed by atoms with Gasteiger partial charge in [-0.1, -0.05) is 11.6 Å². The molecule has 1 aliphatic carbocycles. The first kappa shape index (κ1) is 25.1. The lowest BCUT2D eigenvalue weighted by molar-refractivity contribution is -0.127. The number of rotatable bonds is 7. The van der Waals surface area contributed by atoms with E-state index in [9.17, 15) is 18.8 Å². The summed E-state index contributed by atoms with van der Waals surface area (Å²) in [7, 11) is 1.56. The van der Waals surface area contributed by atoms with Crippen LogP contribution in [0.4, 0.5) is 10.1 Å². The highest BCUT2D eigenvalue weighted by atomic mass is 35.5. The van der Waals surface area contributed by atoms with E-state index in [1.54, 1.807) is 16.9 Å². The molecule has 4 rings (SSSR count). The van der Waals surface area contributed by atoms with E-state index >= 15 is 0 Å². The number of imidazole rings is 1. The van der Waals surface area contributed by atoms with Crippen molar-refractivity contribution in [2.75, 3.05) is 25.2 Å². The highest BCUT2D eigenvalue weighted by Crippen LogP contribution is 2.48. The number of ether oxygens (including phenoxy) is 1. The van der Waals surface area contributed by atoms with Crippen molar-refractivity contribution in [3.8, 4) is 0 Å². The minimum Gasteiger partial charge on any atom is -0.383 e. The molecule has 0 radical (unpaired) electrons. The van der Waals surface area contributed by atoms with Gasteiger partial charge in [-0.3, -0.25) is 14.4 Å². The molecule has 1 aromatic heterocycles. The fourth-order valence-corrected chi connectivity index (χ4v) is 5.74. The van der Waals surface area contributed by atoms with Crippen molar-refractivity contribution < 1.29 is 23.5 Å². The van der Waals surface area contributed by atoms with E-state index in [-0.39, 0.29) is 40.3 Å². The SMILES string of the molecule is COCC(C)N(C(=O)c1[nH]cnc1C(N)=O)C1CCC2(CC1)CCN(c1ccc(F)cc1Cl)C2=O. The van der Waals surface area contributed by atoms with Gasteiger partial charge in [0.2, 0.25) is 5.91 Å². The van der Waals surface area contributed by atoms with Crippen LogP contribution in [-0.2, 0) is 9.53 Å². The Balaban J connectivity index is 1.53. The molecule has 1 spiro atoms. The van der Waals surface area contributed by atoms with Gasteiger partial charge in [-0.2, -0.15) is 0 Å². The minimum atomic E-state index is -0.785. The van der Waals surface area contributed by atoms with E-state index in [1.165, 1.54) is 24.5 Å². The van der Waals surface area contributed by atoms with Crippen molar-refractivity contribution in [1.29, 1.82) is 0 Å². The molecule has 3 N–H and O–H groups in total. The molecule has 1 saturated heterocycles. The Kier molecular flexibility index (Phi) is 7.14. The molecule has 2 aromatic rings. The van der Waals surface area contributed by atoms with E-state index < -0.39 is 17.1 Å². The molecule has 2 heterocycles. The number of hydrogen-bond donors (Lipinski definition) is 2. The zero-order valence-electron chi connectivity index (χ0n) is 19.7. The monoisotopic (exact) mass is 505 g/mol. The molecule has 0 bridgehead atoms. The van der Waals surface area contributed by atoms with Crippen LogP contribution in [0.5, 0.6) is 0 Å². The molecule has 2 fully saturated rings. The first-order chi connectivity index (χ1) is 16.7. The Morgan fingerprint density at radius 2 is 2.09 bits per heavy atom. The predicted molar refractivity (Wildman–Crippen MR) is 128 cm³/mol. The van der Waals surface area contributed by atoms with Crippen molar-refractivity contribution >= 4 is 35.0 Å². The molecule has 1 saturated carbocycles. The Morgan fingerprint density at radius 3 is 2.71 bits per heavy atom. The van der Waals surface area contributed by atoms with Crippen molar-refractivity contribution in [1.82, 2.24) is 14.9 Å². The lowest BCUT2D eigenvalue weighted by Gasteiger charge is -2.43. The number of nitrogens with zero attached hydrogens (tertiary/aromatic N) is 3. The lowest BCUT2D eigenvalue weighted by atomic mass is 9.71. The van der Waals surface area contributed by atoms with Crippen LogP contribution in [0.25, 0.3) is 0 Å². The number of aromatic amines is 1. The molecular formula is C24H29ClFN5O4. The number of carbonyl (C=O) groups excluding carboxylic acids is 3. The Hall–Kier alpha value is -2.98. The summed E-state index contributed by atoms with van der Waals surface area (Å²) < 4.78 is 18.8. The third-order valence-corrected chi connectivity index (χ3v) is 7.53. The van der Waals surface area contributed by atoms with Crippen LogP contribution in [-0.4, -0.2) is 64.9 Å². The largest absolute Gasteiger partial charge is 0.383 e. The second kappa shape index (κ2) is 9.94. The average molecular weight is 506 g/mol. The van der Waals surface area contributed by atoms with Crippen LogP contribution in [0.15, 0.2) is 24.5 Å². The number of carbonyl (C=O) groups is 3. The summed E-state index contributed by atoms with van der Waals surface area (Å²) >= 11 is 6.22. The summed E-state index contributed by atoms with van der Waals surface area (Å²) in [6, 6.07) is 3.62. The van der Waals surface area contributed by atoms with E-state index in [1.807, 2.05) is 6.92 Å². The summed E-state index contributed by atoms with van der Waals surface area (Å²) in [5, 5.41) is 0.207. The summed E-state index contributed by atoms with van der Waals surface area (Å²) in [5.41, 5.74) is 5.32. The van der Waals surface area contributed by atoms with Crippen molar-refractivity contribution in [2.45, 2.75) is 51.1 Å². The maximum Gasteiger partial charge on any atom is 0.273 e. The van der Waals surface area contributed by atoms with Gasteiger partial charge in [0.05, 0.1) is 35.1 Å². The molecule has 35 heavy (non-hydrogen) atoms. The predicted octanol–water partition coefficient (Wildman–Crippen LogP) is 3.14. The van der Waals surface area contributed by atoms with Crippen LogP contribution < -0.4 is 10.6 Å². The lowest BCUT2D eigenvalue weighted by Crippen LogP contribution is -2.51. The molecular weight excluding hydrogens is 477 g/mol. The molecule has 1 aliphatic heterocycles. The summed E-state index contributed by atoms with van der Waals surface area (Å²) in [5.74, 6) is -1.63. The van der Waals surface area contributed by atoms with Gasteiger partial charge in [0.1, 0.15) is 11.5 Å². The standard InChI is InChI=1S/C24H29ClFN5O4/c1-14(12-35-2)31(22(33)20-19(21(27)32)28-13-29-20)16-5-7-24(8-6-16)9-10-30(23(24)34)18-4-3-15(26)11-17(18)25/h3-4,11,13-14,16H,5-10,12H2,1-2H3,(H2,27,32)(H,28,29). The van der Waals surface area contributed by atoms with Gasteiger partial charge in [-0.25, -0.2) is 9.37 Å². The average Bonchev–Trinajstić information content (AvgIpc) is 3.42. The maximum absolute atomic E-state index is 13.5. The van der Waals surface area contributed by atoms with Crippen LogP contribution in [0.2, 0.25) is 5.02 Å². The number of halogens is 2. The third-order valence-electron chi connectivity index (χ3n) is 7.22. The fourth-order valence-electron chi connectivity index (χ4n) is 5.47. The van der Waals surface area contributed by atoms with E-state index in [4.69, 9.17) is 22.1 Å². The fraction of sp³-hybridized carbons (Fsp3) is 0.500. The topological polar surface area (TPSA) is 122 Å². The molecule has 1 unspecified atom stereocenters. The summed E-state index contributed by atoms with van der Waals surface area (Å²) in [6.45, 7) is 2.70. The highest BCUT2D eigenvalue weighted by Gasteiger charge is 2.50. The number of benzene rings is 1. The molecule has 3 amide bonds. The summed E-state index contributed by atoms with van der Waals surface area (Å²) in [4.78, 5) is 48.7. The Bertz CT molecular complexity index is 1130. The van der Waals surface area contributed by atoms with Gasteiger partial charge in [0, 0.05) is 19.7 Å². The number of methoxy groups -OCH3 is 1. The Labute approximate surface area is 207 Å². The number of nitrogens with two attached hydrogens (primary N) is 1. The van der Waals surface area contributed by atoms with Crippen molar-refractivity contribution in [3.05, 3.63) is 46.8 Å². The second-order valence-corrected chi connectivity index (χ2v) is 9.73. The van der Waals surface area contributed by atoms with E-state index in [2.05, 4.69) is 9.97 Å². The normalized spacial score (nSPS) is 23.0. The van der Waals surface area contributed by atoms with Crippen molar-refractivity contribution in [3.63, 3.8) is 0 Å². The van der Waals surface area contributed by atoms with Gasteiger partial charge >= 0.3 is 0 Å². The minimum absolute atomic E-state index is 0.0168. The van der Waals surface area contributed by atoms with Crippen LogP contribution in [0.3, 0.4) is 0 Å². The van der Waals surface area contributed by atoms with Gasteiger partial charge in [0.15, 0.2) is 5.69 Å². The molecule has 188 valence electrons.